The fourth-order valence-electron chi connectivity index (χ4n) is 2.03. The number of benzene rings is 2. The lowest BCUT2D eigenvalue weighted by atomic mass is 10.3. The summed E-state index contributed by atoms with van der Waals surface area (Å²) in [5, 5.41) is 2.57. The van der Waals surface area contributed by atoms with Crippen molar-refractivity contribution in [1.29, 1.82) is 0 Å². The molecule has 2 aromatic rings. The van der Waals surface area contributed by atoms with E-state index in [4.69, 9.17) is 9.47 Å². The number of nitrogens with one attached hydrogen (secondary N) is 2. The van der Waals surface area contributed by atoms with Gasteiger partial charge in [0.05, 0.1) is 30.5 Å². The maximum absolute atomic E-state index is 12.5. The van der Waals surface area contributed by atoms with Crippen LogP contribution in [-0.2, 0) is 14.8 Å². The Morgan fingerprint density at radius 1 is 1.04 bits per heavy atom. The molecule has 0 heterocycles. The van der Waals surface area contributed by atoms with Crippen LogP contribution >= 0.6 is 0 Å². The molecule has 0 aliphatic heterocycles. The first kappa shape index (κ1) is 17.6. The predicted octanol–water partition coefficient (Wildman–Crippen LogP) is 2.46. The summed E-state index contributed by atoms with van der Waals surface area (Å²) in [5.74, 6) is 0.505. The van der Waals surface area contributed by atoms with E-state index in [9.17, 15) is 13.2 Å². The van der Waals surface area contributed by atoms with Crippen molar-refractivity contribution in [3.63, 3.8) is 0 Å². The Morgan fingerprint density at radius 3 is 2.42 bits per heavy atom. The van der Waals surface area contributed by atoms with Crippen LogP contribution in [0.2, 0.25) is 0 Å². The molecule has 0 radical (unpaired) electrons. The summed E-state index contributed by atoms with van der Waals surface area (Å²) in [6, 6.07) is 10.8. The third-order valence-electron chi connectivity index (χ3n) is 3.12. The largest absolute Gasteiger partial charge is 0.497 e. The quantitative estimate of drug-likeness (QED) is 0.835. The van der Waals surface area contributed by atoms with E-state index in [1.165, 1.54) is 39.3 Å². The van der Waals surface area contributed by atoms with Crippen LogP contribution in [0.3, 0.4) is 0 Å². The number of carbonyl (C=O) groups is 1. The molecule has 0 saturated heterocycles. The van der Waals surface area contributed by atoms with E-state index < -0.39 is 10.0 Å². The first-order chi connectivity index (χ1) is 11.4. The lowest BCUT2D eigenvalue weighted by molar-refractivity contribution is -0.114. The molecule has 0 fully saturated rings. The highest BCUT2D eigenvalue weighted by atomic mass is 32.2. The Balaban J connectivity index is 2.33. The van der Waals surface area contributed by atoms with Gasteiger partial charge in [-0.2, -0.15) is 0 Å². The van der Waals surface area contributed by atoms with Gasteiger partial charge in [0.2, 0.25) is 5.91 Å². The molecule has 1 amide bonds. The zero-order chi connectivity index (χ0) is 17.7. The van der Waals surface area contributed by atoms with Crippen LogP contribution in [0.25, 0.3) is 0 Å². The molecule has 7 nitrogen and oxygen atoms in total. The zero-order valence-electron chi connectivity index (χ0n) is 13.5. The third-order valence-corrected chi connectivity index (χ3v) is 4.49. The number of sulfonamides is 1. The number of rotatable bonds is 6. The summed E-state index contributed by atoms with van der Waals surface area (Å²) in [7, 11) is -0.920. The van der Waals surface area contributed by atoms with Crippen molar-refractivity contribution in [2.45, 2.75) is 11.8 Å². The molecule has 2 rings (SSSR count). The molecule has 0 unspecified atom stereocenters. The lowest BCUT2D eigenvalue weighted by Crippen LogP contribution is -2.14. The molecule has 0 aliphatic carbocycles. The number of ether oxygens (including phenoxy) is 2. The van der Waals surface area contributed by atoms with Crippen molar-refractivity contribution >= 4 is 27.3 Å². The van der Waals surface area contributed by atoms with E-state index in [2.05, 4.69) is 10.0 Å². The molecule has 24 heavy (non-hydrogen) atoms. The smallest absolute Gasteiger partial charge is 0.262 e. The molecule has 0 aliphatic rings. The topological polar surface area (TPSA) is 93.7 Å². The lowest BCUT2D eigenvalue weighted by Gasteiger charge is -2.13. The Kier molecular flexibility index (Phi) is 5.30. The highest BCUT2D eigenvalue weighted by Gasteiger charge is 2.17. The summed E-state index contributed by atoms with van der Waals surface area (Å²) in [6.07, 6.45) is 0. The van der Waals surface area contributed by atoms with Gasteiger partial charge in [-0.25, -0.2) is 8.42 Å². The van der Waals surface area contributed by atoms with Crippen molar-refractivity contribution in [1.82, 2.24) is 0 Å². The molecule has 128 valence electrons. The normalized spacial score (nSPS) is 10.8. The van der Waals surface area contributed by atoms with Gasteiger partial charge in [-0.1, -0.05) is 6.07 Å². The average Bonchev–Trinajstić information content (AvgIpc) is 2.54. The number of carbonyl (C=O) groups excluding carboxylic acids is 1. The van der Waals surface area contributed by atoms with Crippen molar-refractivity contribution in [2.75, 3.05) is 24.3 Å². The van der Waals surface area contributed by atoms with E-state index in [0.29, 0.717) is 17.1 Å². The van der Waals surface area contributed by atoms with Crippen molar-refractivity contribution in [2.24, 2.45) is 0 Å². The summed E-state index contributed by atoms with van der Waals surface area (Å²) in [4.78, 5) is 11.2. The summed E-state index contributed by atoms with van der Waals surface area (Å²) >= 11 is 0. The highest BCUT2D eigenvalue weighted by Crippen LogP contribution is 2.29. The molecule has 0 bridgehead atoms. The van der Waals surface area contributed by atoms with E-state index in [0.717, 1.165) is 0 Å². The van der Waals surface area contributed by atoms with Gasteiger partial charge in [-0.3, -0.25) is 9.52 Å². The van der Waals surface area contributed by atoms with Crippen molar-refractivity contribution in [3.05, 3.63) is 42.5 Å². The number of hydrogen-bond acceptors (Lipinski definition) is 5. The fraction of sp³-hybridized carbons (Fsp3) is 0.188. The molecule has 8 heteroatoms. The second kappa shape index (κ2) is 7.22. The van der Waals surface area contributed by atoms with Crippen LogP contribution < -0.4 is 19.5 Å². The Morgan fingerprint density at radius 2 is 1.79 bits per heavy atom. The van der Waals surface area contributed by atoms with Crippen LogP contribution in [0.4, 0.5) is 11.4 Å². The summed E-state index contributed by atoms with van der Waals surface area (Å²) < 4.78 is 37.7. The van der Waals surface area contributed by atoms with Gasteiger partial charge >= 0.3 is 0 Å². The molecule has 2 aromatic carbocycles. The minimum Gasteiger partial charge on any atom is -0.497 e. The van der Waals surface area contributed by atoms with Crippen LogP contribution in [0.1, 0.15) is 6.92 Å². The standard InChI is InChI=1S/C16H18N2O5S/c1-11(19)17-15-8-7-14(10-16(15)23-3)24(20,21)18-12-5-4-6-13(9-12)22-2/h4-10,18H,1-3H3,(H,17,19). The molecule has 0 atom stereocenters. The van der Waals surface area contributed by atoms with Gasteiger partial charge in [0.15, 0.2) is 0 Å². The molecule has 0 aromatic heterocycles. The van der Waals surface area contributed by atoms with E-state index in [1.54, 1.807) is 24.3 Å². The fourth-order valence-corrected chi connectivity index (χ4v) is 3.10. The van der Waals surface area contributed by atoms with Gasteiger partial charge in [0.25, 0.3) is 10.0 Å². The maximum atomic E-state index is 12.5. The number of hydrogen-bond donors (Lipinski definition) is 2. The zero-order valence-corrected chi connectivity index (χ0v) is 14.3. The minimum absolute atomic E-state index is 0.0104. The van der Waals surface area contributed by atoms with E-state index in [-0.39, 0.29) is 16.6 Å². The van der Waals surface area contributed by atoms with E-state index in [1.807, 2.05) is 0 Å². The maximum Gasteiger partial charge on any atom is 0.262 e. The van der Waals surface area contributed by atoms with E-state index >= 15 is 0 Å². The molecular weight excluding hydrogens is 332 g/mol. The SMILES string of the molecule is COc1cccc(NS(=O)(=O)c2ccc(NC(C)=O)c(OC)c2)c1. The predicted molar refractivity (Wildman–Crippen MR) is 91.1 cm³/mol. The second-order valence-electron chi connectivity index (χ2n) is 4.88. The van der Waals surface area contributed by atoms with Crippen LogP contribution in [0.5, 0.6) is 11.5 Å². The van der Waals surface area contributed by atoms with Gasteiger partial charge in [0.1, 0.15) is 11.5 Å². The van der Waals surface area contributed by atoms with Gasteiger partial charge in [-0.15, -0.1) is 0 Å². The van der Waals surface area contributed by atoms with Gasteiger partial charge < -0.3 is 14.8 Å². The van der Waals surface area contributed by atoms with Crippen molar-refractivity contribution in [3.8, 4) is 11.5 Å². The molecule has 0 spiro atoms. The second-order valence-corrected chi connectivity index (χ2v) is 6.56. The monoisotopic (exact) mass is 350 g/mol. The van der Waals surface area contributed by atoms with Gasteiger partial charge in [-0.05, 0) is 24.3 Å². The first-order valence-electron chi connectivity index (χ1n) is 6.98. The minimum atomic E-state index is -3.81. The van der Waals surface area contributed by atoms with Gasteiger partial charge in [0, 0.05) is 19.1 Å². The Hall–Kier alpha value is -2.74. The first-order valence-corrected chi connectivity index (χ1v) is 8.46. The van der Waals surface area contributed by atoms with Crippen LogP contribution in [0.15, 0.2) is 47.4 Å². The average molecular weight is 350 g/mol. The number of anilines is 2. The summed E-state index contributed by atoms with van der Waals surface area (Å²) in [5.41, 5.74) is 0.768. The highest BCUT2D eigenvalue weighted by molar-refractivity contribution is 7.92. The Labute approximate surface area is 140 Å². The molecule has 2 N–H and O–H groups in total. The molecular formula is C16H18N2O5S. The van der Waals surface area contributed by atoms with Crippen LogP contribution in [-0.4, -0.2) is 28.5 Å². The summed E-state index contributed by atoms with van der Waals surface area (Å²) in [6.45, 7) is 1.36. The number of amides is 1. The van der Waals surface area contributed by atoms with Crippen LogP contribution in [0, 0.1) is 0 Å². The number of methoxy groups -OCH3 is 2. The van der Waals surface area contributed by atoms with Crippen molar-refractivity contribution < 1.29 is 22.7 Å². The Bertz CT molecular complexity index is 849. The third kappa shape index (κ3) is 4.17. The molecule has 0 saturated carbocycles.